The molecular formula is C11H20N2OS. The number of aliphatic hydroxyl groups excluding tert-OH is 1. The zero-order valence-corrected chi connectivity index (χ0v) is 10.5. The molecule has 0 amide bonds. The molecule has 1 heterocycles. The van der Waals surface area contributed by atoms with Crippen molar-refractivity contribution in [1.29, 1.82) is 0 Å². The lowest BCUT2D eigenvalue weighted by Crippen LogP contribution is -2.33. The monoisotopic (exact) mass is 228 g/mol. The second-order valence-corrected chi connectivity index (χ2v) is 5.67. The smallest absolute Gasteiger partial charge is 0.0897 e. The third kappa shape index (κ3) is 4.73. The minimum Gasteiger partial charge on any atom is -0.396 e. The minimum absolute atomic E-state index is 0.0298. The van der Waals surface area contributed by atoms with Gasteiger partial charge in [0.2, 0.25) is 0 Å². The minimum atomic E-state index is -0.0298. The van der Waals surface area contributed by atoms with E-state index in [1.807, 2.05) is 20.8 Å². The molecule has 3 nitrogen and oxygen atoms in total. The Bertz CT molecular complexity index is 297. The van der Waals surface area contributed by atoms with E-state index in [0.717, 1.165) is 30.2 Å². The maximum atomic E-state index is 9.06. The van der Waals surface area contributed by atoms with E-state index in [9.17, 15) is 0 Å². The van der Waals surface area contributed by atoms with Gasteiger partial charge in [-0.15, -0.1) is 11.3 Å². The molecule has 0 bridgehead atoms. The van der Waals surface area contributed by atoms with Crippen LogP contribution in [-0.4, -0.2) is 29.8 Å². The summed E-state index contributed by atoms with van der Waals surface area (Å²) in [6, 6.07) is 0. The molecule has 15 heavy (non-hydrogen) atoms. The molecule has 2 N–H and O–H groups in total. The Morgan fingerprint density at radius 3 is 2.80 bits per heavy atom. The molecule has 0 aromatic carbocycles. The van der Waals surface area contributed by atoms with Crippen LogP contribution in [0.5, 0.6) is 0 Å². The van der Waals surface area contributed by atoms with Crippen LogP contribution in [0.25, 0.3) is 0 Å². The fraction of sp³-hybridized carbons (Fsp3) is 0.727. The molecule has 0 spiro atoms. The first-order chi connectivity index (χ1) is 7.03. The predicted molar refractivity (Wildman–Crippen MR) is 64.3 cm³/mol. The summed E-state index contributed by atoms with van der Waals surface area (Å²) >= 11 is 1.69. The van der Waals surface area contributed by atoms with Crippen molar-refractivity contribution in [2.45, 2.75) is 27.2 Å². The van der Waals surface area contributed by atoms with Gasteiger partial charge >= 0.3 is 0 Å². The van der Waals surface area contributed by atoms with Crippen molar-refractivity contribution in [3.05, 3.63) is 16.1 Å². The van der Waals surface area contributed by atoms with Crippen LogP contribution < -0.4 is 5.32 Å². The Kier molecular flexibility index (Phi) is 4.70. The Morgan fingerprint density at radius 2 is 2.27 bits per heavy atom. The topological polar surface area (TPSA) is 45.2 Å². The molecule has 0 saturated heterocycles. The van der Waals surface area contributed by atoms with E-state index < -0.39 is 0 Å². The van der Waals surface area contributed by atoms with Crippen LogP contribution in [0.3, 0.4) is 0 Å². The Morgan fingerprint density at radius 1 is 1.53 bits per heavy atom. The first-order valence-corrected chi connectivity index (χ1v) is 6.14. The molecule has 86 valence electrons. The van der Waals surface area contributed by atoms with E-state index >= 15 is 0 Å². The predicted octanol–water partition coefficient (Wildman–Crippen LogP) is 1.60. The summed E-state index contributed by atoms with van der Waals surface area (Å²) in [6.45, 7) is 8.10. The Labute approximate surface area is 95.6 Å². The lowest BCUT2D eigenvalue weighted by atomic mass is 9.95. The maximum absolute atomic E-state index is 9.06. The number of aromatic nitrogens is 1. The molecule has 0 fully saturated rings. The lowest BCUT2D eigenvalue weighted by Gasteiger charge is -2.21. The number of nitrogens with one attached hydrogen (secondary N) is 1. The van der Waals surface area contributed by atoms with E-state index in [-0.39, 0.29) is 12.0 Å². The van der Waals surface area contributed by atoms with Gasteiger partial charge in [-0.05, 0) is 6.92 Å². The number of hydrogen-bond acceptors (Lipinski definition) is 4. The average Bonchev–Trinajstić information content (AvgIpc) is 2.59. The van der Waals surface area contributed by atoms with Gasteiger partial charge in [0.1, 0.15) is 0 Å². The fourth-order valence-electron chi connectivity index (χ4n) is 1.22. The summed E-state index contributed by atoms with van der Waals surface area (Å²) in [5.74, 6) is 0. The van der Waals surface area contributed by atoms with E-state index in [0.29, 0.717) is 0 Å². The third-order valence-corrected chi connectivity index (χ3v) is 3.08. The highest BCUT2D eigenvalue weighted by Gasteiger charge is 2.15. The SMILES string of the molecule is Cc1nc(CCNCC(C)(C)CO)cs1. The van der Waals surface area contributed by atoms with Crippen molar-refractivity contribution in [3.63, 3.8) is 0 Å². The summed E-state index contributed by atoms with van der Waals surface area (Å²) in [5.41, 5.74) is 1.13. The highest BCUT2D eigenvalue weighted by molar-refractivity contribution is 7.09. The lowest BCUT2D eigenvalue weighted by molar-refractivity contribution is 0.157. The zero-order chi connectivity index (χ0) is 11.3. The second kappa shape index (κ2) is 5.58. The zero-order valence-electron chi connectivity index (χ0n) is 9.71. The van der Waals surface area contributed by atoms with E-state index in [2.05, 4.69) is 15.7 Å². The van der Waals surface area contributed by atoms with Gasteiger partial charge in [-0.1, -0.05) is 13.8 Å². The van der Waals surface area contributed by atoms with Gasteiger partial charge in [0, 0.05) is 36.9 Å². The van der Waals surface area contributed by atoms with Crippen LogP contribution in [0, 0.1) is 12.3 Å². The molecule has 0 aliphatic rings. The van der Waals surface area contributed by atoms with Crippen LogP contribution >= 0.6 is 11.3 Å². The molecule has 1 aromatic rings. The van der Waals surface area contributed by atoms with Gasteiger partial charge < -0.3 is 10.4 Å². The maximum Gasteiger partial charge on any atom is 0.0897 e. The van der Waals surface area contributed by atoms with Crippen molar-refractivity contribution < 1.29 is 5.11 Å². The Balaban J connectivity index is 2.17. The standard InChI is InChI=1S/C11H20N2OS/c1-9-13-10(6-15-9)4-5-12-7-11(2,3)8-14/h6,12,14H,4-5,7-8H2,1-3H3. The van der Waals surface area contributed by atoms with Crippen LogP contribution in [0.4, 0.5) is 0 Å². The summed E-state index contributed by atoms with van der Waals surface area (Å²) in [5, 5.41) is 15.6. The van der Waals surface area contributed by atoms with Crippen molar-refractivity contribution >= 4 is 11.3 Å². The Hall–Kier alpha value is -0.450. The average molecular weight is 228 g/mol. The molecular weight excluding hydrogens is 208 g/mol. The quantitative estimate of drug-likeness (QED) is 0.727. The summed E-state index contributed by atoms with van der Waals surface area (Å²) < 4.78 is 0. The van der Waals surface area contributed by atoms with Crippen LogP contribution in [0.1, 0.15) is 24.5 Å². The second-order valence-electron chi connectivity index (χ2n) is 4.61. The molecule has 1 rings (SSSR count). The molecule has 0 unspecified atom stereocenters. The van der Waals surface area contributed by atoms with Gasteiger partial charge in [0.25, 0.3) is 0 Å². The van der Waals surface area contributed by atoms with Crippen molar-refractivity contribution in [2.24, 2.45) is 5.41 Å². The van der Waals surface area contributed by atoms with E-state index in [1.165, 1.54) is 0 Å². The van der Waals surface area contributed by atoms with E-state index in [1.54, 1.807) is 11.3 Å². The summed E-state index contributed by atoms with van der Waals surface area (Å²) in [4.78, 5) is 4.39. The highest BCUT2D eigenvalue weighted by atomic mass is 32.1. The molecule has 0 aliphatic heterocycles. The first-order valence-electron chi connectivity index (χ1n) is 5.26. The summed E-state index contributed by atoms with van der Waals surface area (Å²) in [7, 11) is 0. The molecule has 0 atom stereocenters. The van der Waals surface area contributed by atoms with Crippen molar-refractivity contribution in [3.8, 4) is 0 Å². The van der Waals surface area contributed by atoms with Crippen molar-refractivity contribution in [1.82, 2.24) is 10.3 Å². The molecule has 1 aromatic heterocycles. The van der Waals surface area contributed by atoms with Gasteiger partial charge in [-0.2, -0.15) is 0 Å². The van der Waals surface area contributed by atoms with Gasteiger partial charge in [0.15, 0.2) is 0 Å². The number of thiazole rings is 1. The highest BCUT2D eigenvalue weighted by Crippen LogP contribution is 2.11. The van der Waals surface area contributed by atoms with Gasteiger partial charge in [0.05, 0.1) is 10.7 Å². The number of nitrogens with zero attached hydrogens (tertiary/aromatic N) is 1. The van der Waals surface area contributed by atoms with Gasteiger partial charge in [-0.25, -0.2) is 4.98 Å². The molecule has 0 saturated carbocycles. The molecule has 0 aliphatic carbocycles. The van der Waals surface area contributed by atoms with Crippen molar-refractivity contribution in [2.75, 3.05) is 19.7 Å². The van der Waals surface area contributed by atoms with Crippen LogP contribution in [0.2, 0.25) is 0 Å². The third-order valence-electron chi connectivity index (χ3n) is 2.26. The van der Waals surface area contributed by atoms with E-state index in [4.69, 9.17) is 5.11 Å². The van der Waals surface area contributed by atoms with Gasteiger partial charge in [-0.3, -0.25) is 0 Å². The molecule has 0 radical (unpaired) electrons. The normalized spacial score (nSPS) is 12.0. The fourth-order valence-corrected chi connectivity index (χ4v) is 1.87. The first kappa shape index (κ1) is 12.6. The summed E-state index contributed by atoms with van der Waals surface area (Å²) in [6.07, 6.45) is 0.964. The largest absolute Gasteiger partial charge is 0.396 e. The van der Waals surface area contributed by atoms with Crippen LogP contribution in [0.15, 0.2) is 5.38 Å². The van der Waals surface area contributed by atoms with Crippen LogP contribution in [-0.2, 0) is 6.42 Å². The molecule has 4 heteroatoms. The number of rotatable bonds is 6. The number of aryl methyl sites for hydroxylation is 1. The number of aliphatic hydroxyl groups is 1. The number of hydrogen-bond donors (Lipinski definition) is 2.